The average Bonchev–Trinajstić information content (AvgIpc) is 2.97. The third-order valence-corrected chi connectivity index (χ3v) is 2.89. The quantitative estimate of drug-likeness (QED) is 0.719. The Kier molecular flexibility index (Phi) is 2.30. The van der Waals surface area contributed by atoms with Crippen LogP contribution in [0.15, 0.2) is 29.9 Å². The van der Waals surface area contributed by atoms with Crippen LogP contribution in [0, 0.1) is 0 Å². The van der Waals surface area contributed by atoms with E-state index in [2.05, 4.69) is 25.7 Å². The molecule has 0 spiro atoms. The van der Waals surface area contributed by atoms with Gasteiger partial charge in [0.15, 0.2) is 0 Å². The number of hydrogen-bond donors (Lipinski definition) is 2. The Balaban J connectivity index is 1.90. The number of carbonyl (C=O) groups excluding carboxylic acids is 1. The number of aromatic nitrogens is 4. The van der Waals surface area contributed by atoms with Gasteiger partial charge in [0, 0.05) is 10.9 Å². The molecule has 1 aromatic carbocycles. The zero-order valence-corrected chi connectivity index (χ0v) is 9.36. The Morgan fingerprint density at radius 2 is 2.35 bits per heavy atom. The standard InChI is InChI=1S/C10H7N5OS/c16-9(13-10-15-12-5-17-10)6-1-2-8-7(3-6)4-11-14-8/h1-5H,(H,11,14)(H,13,15,16). The molecule has 0 aliphatic rings. The second-order valence-electron chi connectivity index (χ2n) is 3.37. The second-order valence-corrected chi connectivity index (χ2v) is 4.20. The molecule has 1 amide bonds. The fourth-order valence-electron chi connectivity index (χ4n) is 1.48. The summed E-state index contributed by atoms with van der Waals surface area (Å²) in [6.07, 6.45) is 1.68. The normalized spacial score (nSPS) is 10.6. The maximum atomic E-state index is 11.9. The van der Waals surface area contributed by atoms with Crippen molar-refractivity contribution in [2.75, 3.05) is 5.32 Å². The van der Waals surface area contributed by atoms with Crippen LogP contribution in [-0.4, -0.2) is 26.3 Å². The molecular formula is C10H7N5OS. The summed E-state index contributed by atoms with van der Waals surface area (Å²) in [5, 5.41) is 18.2. The van der Waals surface area contributed by atoms with Gasteiger partial charge in [-0.25, -0.2) is 0 Å². The summed E-state index contributed by atoms with van der Waals surface area (Å²) in [6, 6.07) is 5.32. The molecule has 0 saturated heterocycles. The fraction of sp³-hybridized carbons (Fsp3) is 0. The molecule has 2 N–H and O–H groups in total. The van der Waals surface area contributed by atoms with Crippen molar-refractivity contribution in [1.82, 2.24) is 20.4 Å². The Morgan fingerprint density at radius 1 is 1.41 bits per heavy atom. The number of aromatic amines is 1. The van der Waals surface area contributed by atoms with Crippen molar-refractivity contribution in [3.63, 3.8) is 0 Å². The van der Waals surface area contributed by atoms with Gasteiger partial charge in [-0.05, 0) is 18.2 Å². The molecule has 0 unspecified atom stereocenters. The van der Waals surface area contributed by atoms with Gasteiger partial charge in [0.2, 0.25) is 5.13 Å². The predicted octanol–water partition coefficient (Wildman–Crippen LogP) is 1.67. The van der Waals surface area contributed by atoms with Crippen molar-refractivity contribution < 1.29 is 4.79 Å². The minimum absolute atomic E-state index is 0.204. The lowest BCUT2D eigenvalue weighted by Crippen LogP contribution is -2.11. The van der Waals surface area contributed by atoms with Crippen LogP contribution in [0.3, 0.4) is 0 Å². The van der Waals surface area contributed by atoms with Gasteiger partial charge in [0.1, 0.15) is 5.51 Å². The summed E-state index contributed by atoms with van der Waals surface area (Å²) in [4.78, 5) is 11.9. The Morgan fingerprint density at radius 3 is 3.18 bits per heavy atom. The van der Waals surface area contributed by atoms with Gasteiger partial charge in [-0.1, -0.05) is 11.3 Å². The van der Waals surface area contributed by atoms with Crippen molar-refractivity contribution in [3.05, 3.63) is 35.5 Å². The maximum absolute atomic E-state index is 11.9. The predicted molar refractivity (Wildman–Crippen MR) is 64.0 cm³/mol. The second kappa shape index (κ2) is 3.95. The van der Waals surface area contributed by atoms with Crippen molar-refractivity contribution in [3.8, 4) is 0 Å². The van der Waals surface area contributed by atoms with Crippen molar-refractivity contribution >= 4 is 33.3 Å². The van der Waals surface area contributed by atoms with E-state index in [1.165, 1.54) is 11.3 Å². The SMILES string of the molecule is O=C(Nc1nncs1)c1ccc2[nH]ncc2c1. The highest BCUT2D eigenvalue weighted by molar-refractivity contribution is 7.13. The molecule has 0 aliphatic heterocycles. The van der Waals surface area contributed by atoms with Gasteiger partial charge < -0.3 is 0 Å². The van der Waals surface area contributed by atoms with E-state index in [9.17, 15) is 4.79 Å². The van der Waals surface area contributed by atoms with Gasteiger partial charge in [0.05, 0.1) is 11.7 Å². The van der Waals surface area contributed by atoms with Gasteiger partial charge in [-0.3, -0.25) is 15.2 Å². The van der Waals surface area contributed by atoms with E-state index in [1.54, 1.807) is 23.8 Å². The van der Waals surface area contributed by atoms with Gasteiger partial charge >= 0.3 is 0 Å². The molecule has 0 aliphatic carbocycles. The molecular weight excluding hydrogens is 238 g/mol. The molecule has 0 atom stereocenters. The molecule has 3 rings (SSSR count). The summed E-state index contributed by atoms with van der Waals surface area (Å²) in [5.74, 6) is -0.204. The zero-order valence-electron chi connectivity index (χ0n) is 8.54. The van der Waals surface area contributed by atoms with E-state index >= 15 is 0 Å². The molecule has 0 fully saturated rings. The first-order valence-electron chi connectivity index (χ1n) is 4.83. The Labute approximate surface area is 99.7 Å². The highest BCUT2D eigenvalue weighted by atomic mass is 32.1. The van der Waals surface area contributed by atoms with E-state index in [4.69, 9.17) is 0 Å². The Hall–Kier alpha value is -2.28. The highest BCUT2D eigenvalue weighted by Crippen LogP contribution is 2.15. The van der Waals surface area contributed by atoms with Crippen LogP contribution in [0.2, 0.25) is 0 Å². The molecule has 0 radical (unpaired) electrons. The summed E-state index contributed by atoms with van der Waals surface area (Å²) in [7, 11) is 0. The lowest BCUT2D eigenvalue weighted by Gasteiger charge is -2.00. The van der Waals surface area contributed by atoms with E-state index in [-0.39, 0.29) is 5.91 Å². The first kappa shape index (κ1) is 9.91. The molecule has 7 heteroatoms. The molecule has 17 heavy (non-hydrogen) atoms. The number of nitrogens with one attached hydrogen (secondary N) is 2. The summed E-state index contributed by atoms with van der Waals surface area (Å²) in [5.41, 5.74) is 3.03. The zero-order chi connectivity index (χ0) is 11.7. The molecule has 0 saturated carbocycles. The number of anilines is 1. The van der Waals surface area contributed by atoms with Crippen molar-refractivity contribution in [2.24, 2.45) is 0 Å². The number of fused-ring (bicyclic) bond motifs is 1. The van der Waals surface area contributed by atoms with Crippen LogP contribution >= 0.6 is 11.3 Å². The molecule has 2 aromatic heterocycles. The van der Waals surface area contributed by atoms with Crippen molar-refractivity contribution in [2.45, 2.75) is 0 Å². The third-order valence-electron chi connectivity index (χ3n) is 2.28. The molecule has 0 bridgehead atoms. The maximum Gasteiger partial charge on any atom is 0.257 e. The monoisotopic (exact) mass is 245 g/mol. The number of rotatable bonds is 2. The van der Waals surface area contributed by atoms with Gasteiger partial charge in [-0.2, -0.15) is 5.10 Å². The minimum Gasteiger partial charge on any atom is -0.296 e. The topological polar surface area (TPSA) is 83.6 Å². The Bertz CT molecular complexity index is 660. The fourth-order valence-corrected chi connectivity index (χ4v) is 1.92. The highest BCUT2D eigenvalue weighted by Gasteiger charge is 2.08. The van der Waals surface area contributed by atoms with Crippen LogP contribution in [0.1, 0.15) is 10.4 Å². The molecule has 3 aromatic rings. The summed E-state index contributed by atoms with van der Waals surface area (Å²) >= 11 is 1.28. The third kappa shape index (κ3) is 1.87. The van der Waals surface area contributed by atoms with Crippen LogP contribution in [0.25, 0.3) is 10.9 Å². The van der Waals surface area contributed by atoms with Crippen molar-refractivity contribution in [1.29, 1.82) is 0 Å². The molecule has 2 heterocycles. The smallest absolute Gasteiger partial charge is 0.257 e. The lowest BCUT2D eigenvalue weighted by atomic mass is 10.1. The van der Waals surface area contributed by atoms with E-state index in [0.717, 1.165) is 10.9 Å². The van der Waals surface area contributed by atoms with Gasteiger partial charge in [0.25, 0.3) is 5.91 Å². The minimum atomic E-state index is -0.204. The van der Waals surface area contributed by atoms with E-state index < -0.39 is 0 Å². The number of benzene rings is 1. The largest absolute Gasteiger partial charge is 0.296 e. The summed E-state index contributed by atoms with van der Waals surface area (Å²) in [6.45, 7) is 0. The number of nitrogens with zero attached hydrogens (tertiary/aromatic N) is 3. The van der Waals surface area contributed by atoms with E-state index in [0.29, 0.717) is 10.7 Å². The molecule has 84 valence electrons. The molecule has 6 nitrogen and oxygen atoms in total. The summed E-state index contributed by atoms with van der Waals surface area (Å²) < 4.78 is 0. The number of carbonyl (C=O) groups is 1. The lowest BCUT2D eigenvalue weighted by molar-refractivity contribution is 0.102. The van der Waals surface area contributed by atoms with Crippen LogP contribution in [0.4, 0.5) is 5.13 Å². The average molecular weight is 245 g/mol. The van der Waals surface area contributed by atoms with E-state index in [1.807, 2.05) is 6.07 Å². The van der Waals surface area contributed by atoms with Crippen LogP contribution < -0.4 is 5.32 Å². The first-order chi connectivity index (χ1) is 8.33. The van der Waals surface area contributed by atoms with Crippen LogP contribution in [-0.2, 0) is 0 Å². The first-order valence-corrected chi connectivity index (χ1v) is 5.71. The number of H-pyrrole nitrogens is 1. The van der Waals surface area contributed by atoms with Crippen LogP contribution in [0.5, 0.6) is 0 Å². The number of amides is 1. The number of hydrogen-bond acceptors (Lipinski definition) is 5. The van der Waals surface area contributed by atoms with Gasteiger partial charge in [-0.15, -0.1) is 10.2 Å².